The summed E-state index contributed by atoms with van der Waals surface area (Å²) in [6.45, 7) is 1.35. The van der Waals surface area contributed by atoms with Crippen LogP contribution < -0.4 is 16.0 Å². The second kappa shape index (κ2) is 7.75. The van der Waals surface area contributed by atoms with E-state index in [1.54, 1.807) is 6.20 Å². The summed E-state index contributed by atoms with van der Waals surface area (Å²) in [7, 11) is 0. The fraction of sp³-hybridized carbons (Fsp3) is 0.450. The molecule has 1 fully saturated rings. The van der Waals surface area contributed by atoms with Crippen molar-refractivity contribution in [2.45, 2.75) is 37.4 Å². The number of nitrogens with zero attached hydrogens (tertiary/aromatic N) is 3. The number of anilines is 1. The summed E-state index contributed by atoms with van der Waals surface area (Å²) in [6, 6.07) is 1.91. The van der Waals surface area contributed by atoms with E-state index in [0.29, 0.717) is 25.9 Å². The van der Waals surface area contributed by atoms with Crippen LogP contribution in [-0.2, 0) is 4.79 Å². The minimum absolute atomic E-state index is 0.0690. The van der Waals surface area contributed by atoms with Crippen molar-refractivity contribution in [3.05, 3.63) is 41.9 Å². The summed E-state index contributed by atoms with van der Waals surface area (Å²) >= 11 is 0. The van der Waals surface area contributed by atoms with Crippen LogP contribution in [0.25, 0.3) is 11.0 Å². The molecule has 4 N–H and O–H groups in total. The molecule has 1 amide bonds. The number of hydrogen-bond donors (Lipinski definition) is 3. The summed E-state index contributed by atoms with van der Waals surface area (Å²) in [5, 5.41) is 3.72. The van der Waals surface area contributed by atoms with Gasteiger partial charge in [0.25, 0.3) is 0 Å². The van der Waals surface area contributed by atoms with E-state index in [9.17, 15) is 18.0 Å². The van der Waals surface area contributed by atoms with Crippen molar-refractivity contribution in [1.29, 1.82) is 0 Å². The van der Waals surface area contributed by atoms with Crippen LogP contribution in [0.2, 0.25) is 0 Å². The number of nitrogens with one attached hydrogen (secondary N) is 2. The molecule has 0 unspecified atom stereocenters. The van der Waals surface area contributed by atoms with Gasteiger partial charge in [-0.1, -0.05) is 17.7 Å². The van der Waals surface area contributed by atoms with Gasteiger partial charge in [-0.25, -0.2) is 9.97 Å². The van der Waals surface area contributed by atoms with Crippen LogP contribution in [0.5, 0.6) is 0 Å². The van der Waals surface area contributed by atoms with Crippen LogP contribution in [0.4, 0.5) is 19.0 Å². The molecule has 0 radical (unpaired) electrons. The zero-order valence-electron chi connectivity index (χ0n) is 16.3. The minimum Gasteiger partial charge on any atom is -0.356 e. The van der Waals surface area contributed by atoms with Crippen molar-refractivity contribution >= 4 is 22.8 Å². The number of nitrogens with two attached hydrogens (primary N) is 1. The first kappa shape index (κ1) is 20.4. The maximum Gasteiger partial charge on any atom is 0.412 e. The molecule has 2 aromatic heterocycles. The van der Waals surface area contributed by atoms with Crippen molar-refractivity contribution in [2.24, 2.45) is 5.73 Å². The van der Waals surface area contributed by atoms with E-state index in [4.69, 9.17) is 5.73 Å². The number of aromatic amines is 1. The molecule has 1 aliphatic heterocycles. The van der Waals surface area contributed by atoms with E-state index in [1.165, 1.54) is 12.4 Å². The van der Waals surface area contributed by atoms with Crippen LogP contribution in [0.3, 0.4) is 0 Å². The molecule has 30 heavy (non-hydrogen) atoms. The highest BCUT2D eigenvalue weighted by Crippen LogP contribution is 2.33. The molecule has 0 bridgehead atoms. The zero-order valence-corrected chi connectivity index (χ0v) is 16.3. The largest absolute Gasteiger partial charge is 0.412 e. The highest BCUT2D eigenvalue weighted by molar-refractivity contribution is 5.89. The number of rotatable bonds is 4. The lowest BCUT2D eigenvalue weighted by atomic mass is 9.87. The first-order valence-electron chi connectivity index (χ1n) is 9.82. The first-order chi connectivity index (χ1) is 14.3. The van der Waals surface area contributed by atoms with Gasteiger partial charge in [-0.15, -0.1) is 0 Å². The predicted molar refractivity (Wildman–Crippen MR) is 107 cm³/mol. The molecule has 0 atom stereocenters. The Hall–Kier alpha value is -2.88. The van der Waals surface area contributed by atoms with E-state index < -0.39 is 17.3 Å². The van der Waals surface area contributed by atoms with Crippen LogP contribution in [-0.4, -0.2) is 52.2 Å². The fourth-order valence-electron chi connectivity index (χ4n) is 3.89. The molecule has 0 saturated carbocycles. The van der Waals surface area contributed by atoms with E-state index >= 15 is 0 Å². The maximum absolute atomic E-state index is 12.7. The molecule has 10 heteroatoms. The lowest BCUT2D eigenvalue weighted by Gasteiger charge is -2.38. The number of halogens is 3. The Kier molecular flexibility index (Phi) is 5.27. The van der Waals surface area contributed by atoms with E-state index in [0.717, 1.165) is 28.5 Å². The van der Waals surface area contributed by atoms with Crippen LogP contribution in [0, 0.1) is 0 Å². The molecule has 1 saturated heterocycles. The van der Waals surface area contributed by atoms with Gasteiger partial charge in [-0.2, -0.15) is 13.2 Å². The average molecular weight is 420 g/mol. The van der Waals surface area contributed by atoms with Gasteiger partial charge in [-0.05, 0) is 31.7 Å². The molecule has 2 aromatic rings. The van der Waals surface area contributed by atoms with Crippen molar-refractivity contribution in [3.63, 3.8) is 0 Å². The number of H-pyrrole nitrogens is 1. The second-order valence-electron chi connectivity index (χ2n) is 7.78. The van der Waals surface area contributed by atoms with E-state index in [2.05, 4.69) is 25.2 Å². The van der Waals surface area contributed by atoms with Crippen LogP contribution in [0.1, 0.15) is 25.7 Å². The van der Waals surface area contributed by atoms with E-state index in [1.807, 2.05) is 6.07 Å². The van der Waals surface area contributed by atoms with Gasteiger partial charge in [0, 0.05) is 31.4 Å². The van der Waals surface area contributed by atoms with Gasteiger partial charge < -0.3 is 20.9 Å². The molecule has 4 rings (SSSR count). The summed E-state index contributed by atoms with van der Waals surface area (Å²) in [4.78, 5) is 26.4. The van der Waals surface area contributed by atoms with Crippen molar-refractivity contribution in [2.75, 3.05) is 24.5 Å². The minimum atomic E-state index is -4.30. The maximum atomic E-state index is 12.7. The van der Waals surface area contributed by atoms with Gasteiger partial charge >= 0.3 is 6.18 Å². The molecular weight excluding hydrogens is 397 g/mol. The summed E-state index contributed by atoms with van der Waals surface area (Å²) in [5.74, 6) is 0.534. The lowest BCUT2D eigenvalue weighted by molar-refractivity contribution is -0.126. The topological polar surface area (TPSA) is 99.9 Å². The number of hydrogen-bond acceptors (Lipinski definition) is 5. The van der Waals surface area contributed by atoms with Gasteiger partial charge in [-0.3, -0.25) is 4.79 Å². The number of alkyl halides is 3. The lowest BCUT2D eigenvalue weighted by Crippen LogP contribution is -2.60. The Morgan fingerprint density at radius 2 is 2.00 bits per heavy atom. The monoisotopic (exact) mass is 420 g/mol. The first-order valence-corrected chi connectivity index (χ1v) is 9.82. The Labute approximate surface area is 171 Å². The SMILES string of the molecule is NC1(C(=O)NCC2=CC=C(C(F)(F)F)CC2)CCN(c2ncnc3[nH]ccc23)CC1. The van der Waals surface area contributed by atoms with Gasteiger partial charge in [0.05, 0.1) is 10.9 Å². The number of carbonyl (C=O) groups is 1. The highest BCUT2D eigenvalue weighted by Gasteiger charge is 2.38. The third kappa shape index (κ3) is 4.04. The number of piperidine rings is 1. The Bertz CT molecular complexity index is 1000. The standard InChI is InChI=1S/C20H23F3N6O/c21-20(22,23)14-3-1-13(2-4-14)11-26-18(30)19(24)6-9-29(10-7-19)17-15-5-8-25-16(15)27-12-28-17/h1,3,5,8,12H,2,4,6-7,9-11,24H2,(H,26,30)(H,25,27,28). The molecule has 2 aliphatic rings. The second-order valence-corrected chi connectivity index (χ2v) is 7.78. The van der Waals surface area contributed by atoms with Crippen LogP contribution in [0.15, 0.2) is 41.9 Å². The Balaban J connectivity index is 1.34. The van der Waals surface area contributed by atoms with Gasteiger partial charge in [0.1, 0.15) is 17.8 Å². The predicted octanol–water partition coefficient (Wildman–Crippen LogP) is 2.58. The van der Waals surface area contributed by atoms with Crippen molar-refractivity contribution < 1.29 is 18.0 Å². The zero-order chi connectivity index (χ0) is 21.4. The van der Waals surface area contributed by atoms with E-state index in [-0.39, 0.29) is 25.3 Å². The fourth-order valence-corrected chi connectivity index (χ4v) is 3.89. The third-order valence-electron chi connectivity index (χ3n) is 5.82. The average Bonchev–Trinajstić information content (AvgIpc) is 3.21. The molecule has 1 aliphatic carbocycles. The quantitative estimate of drug-likeness (QED) is 0.706. The number of amides is 1. The molecule has 3 heterocycles. The van der Waals surface area contributed by atoms with Crippen LogP contribution >= 0.6 is 0 Å². The smallest absolute Gasteiger partial charge is 0.356 e. The Morgan fingerprint density at radius 1 is 1.23 bits per heavy atom. The van der Waals surface area contributed by atoms with Gasteiger partial charge in [0.15, 0.2) is 0 Å². The third-order valence-corrected chi connectivity index (χ3v) is 5.82. The highest BCUT2D eigenvalue weighted by atomic mass is 19.4. The number of aromatic nitrogens is 3. The number of fused-ring (bicyclic) bond motifs is 1. The molecule has 0 aromatic carbocycles. The summed E-state index contributed by atoms with van der Waals surface area (Å²) in [5.41, 5.74) is 6.33. The summed E-state index contributed by atoms with van der Waals surface area (Å²) in [6.07, 6.45) is 2.65. The summed E-state index contributed by atoms with van der Waals surface area (Å²) < 4.78 is 38.1. The normalized spacial score (nSPS) is 19.4. The number of carbonyl (C=O) groups excluding carboxylic acids is 1. The molecule has 160 valence electrons. The molecular formula is C20H23F3N6O. The number of allylic oxidation sites excluding steroid dienone is 3. The Morgan fingerprint density at radius 3 is 2.67 bits per heavy atom. The molecule has 0 spiro atoms. The van der Waals surface area contributed by atoms with Gasteiger partial charge in [0.2, 0.25) is 5.91 Å². The molecule has 7 nitrogen and oxygen atoms in total. The van der Waals surface area contributed by atoms with Crippen molar-refractivity contribution in [1.82, 2.24) is 20.3 Å². The van der Waals surface area contributed by atoms with Crippen molar-refractivity contribution in [3.8, 4) is 0 Å².